The zero-order valence-corrected chi connectivity index (χ0v) is 6.21. The fourth-order valence-corrected chi connectivity index (χ4v) is 2.24. The molecule has 58 valence electrons. The van der Waals surface area contributed by atoms with E-state index in [4.69, 9.17) is 0 Å². The second-order valence-electron chi connectivity index (χ2n) is 3.62. The van der Waals surface area contributed by atoms with Crippen molar-refractivity contribution in [2.24, 2.45) is 0 Å². The molecule has 2 bridgehead atoms. The fourth-order valence-electron chi connectivity index (χ4n) is 2.24. The smallest absolute Gasteiger partial charge is 0.0569 e. The zero-order chi connectivity index (χ0) is 6.97. The molecule has 2 N–H and O–H groups in total. The minimum absolute atomic E-state index is 0.0171. The average Bonchev–Trinajstić information content (AvgIpc) is 1.85. The minimum atomic E-state index is -0.0171. The van der Waals surface area contributed by atoms with Gasteiger partial charge in [-0.25, -0.2) is 0 Å². The number of hydrogen-bond donors (Lipinski definition) is 2. The van der Waals surface area contributed by atoms with Gasteiger partial charge in [0.25, 0.3) is 0 Å². The van der Waals surface area contributed by atoms with Crippen LogP contribution in [-0.2, 0) is 0 Å². The summed E-state index contributed by atoms with van der Waals surface area (Å²) in [5.41, 5.74) is 0. The molecule has 2 nitrogen and oxygen atoms in total. The van der Waals surface area contributed by atoms with Crippen LogP contribution in [-0.4, -0.2) is 23.3 Å². The lowest BCUT2D eigenvalue weighted by Crippen LogP contribution is -2.50. The van der Waals surface area contributed by atoms with Gasteiger partial charge in [0.15, 0.2) is 0 Å². The lowest BCUT2D eigenvalue weighted by atomic mass is 9.85. The normalized spacial score (nSPS) is 47.1. The summed E-state index contributed by atoms with van der Waals surface area (Å²) in [7, 11) is 0. The molecule has 2 saturated heterocycles. The Kier molecular flexibility index (Phi) is 1.66. The minimum Gasteiger partial charge on any atom is -0.393 e. The van der Waals surface area contributed by atoms with Gasteiger partial charge in [0.2, 0.25) is 0 Å². The molecule has 0 spiro atoms. The van der Waals surface area contributed by atoms with Crippen LogP contribution in [0.25, 0.3) is 0 Å². The van der Waals surface area contributed by atoms with Gasteiger partial charge in [-0.2, -0.15) is 0 Å². The third-order valence-electron chi connectivity index (χ3n) is 2.69. The fraction of sp³-hybridized carbons (Fsp3) is 1.00. The van der Waals surface area contributed by atoms with Crippen molar-refractivity contribution >= 4 is 0 Å². The summed E-state index contributed by atoms with van der Waals surface area (Å²) in [5, 5.41) is 12.9. The van der Waals surface area contributed by atoms with Crippen molar-refractivity contribution < 1.29 is 5.11 Å². The lowest BCUT2D eigenvalue weighted by Gasteiger charge is -2.38. The number of nitrogens with one attached hydrogen (secondary N) is 1. The number of hydrogen-bond acceptors (Lipinski definition) is 2. The molecule has 2 aliphatic heterocycles. The first-order chi connectivity index (χ1) is 4.84. The molecule has 0 aromatic heterocycles. The van der Waals surface area contributed by atoms with Gasteiger partial charge in [-0.1, -0.05) is 6.42 Å². The molecule has 2 heteroatoms. The monoisotopic (exact) mass is 141 g/mol. The molecule has 0 radical (unpaired) electrons. The SMILES string of the molecule is OC1C[C@H]2CCC[C@H](C1)N2. The molecule has 0 aromatic rings. The third kappa shape index (κ3) is 1.18. The summed E-state index contributed by atoms with van der Waals surface area (Å²) in [6, 6.07) is 1.25. The van der Waals surface area contributed by atoms with Gasteiger partial charge >= 0.3 is 0 Å². The standard InChI is InChI=1S/C8H15NO/c10-8-4-6-2-1-3-7(5-8)9-6/h6-10H,1-5H2/t6-,7-/m1/s1. The first-order valence-corrected chi connectivity index (χ1v) is 4.29. The molecule has 2 rings (SSSR count). The maximum absolute atomic E-state index is 9.38. The molecular formula is C8H15NO. The molecule has 0 unspecified atom stereocenters. The molecule has 2 fully saturated rings. The first kappa shape index (κ1) is 6.62. The maximum Gasteiger partial charge on any atom is 0.0569 e. The van der Waals surface area contributed by atoms with E-state index < -0.39 is 0 Å². The number of aliphatic hydroxyl groups is 1. The van der Waals surface area contributed by atoms with Crippen LogP contribution in [0.4, 0.5) is 0 Å². The van der Waals surface area contributed by atoms with E-state index in [1.54, 1.807) is 0 Å². The van der Waals surface area contributed by atoms with Crippen LogP contribution < -0.4 is 5.32 Å². The molecule has 0 aromatic carbocycles. The molecule has 2 atom stereocenters. The van der Waals surface area contributed by atoms with E-state index >= 15 is 0 Å². The largest absolute Gasteiger partial charge is 0.393 e. The highest BCUT2D eigenvalue weighted by Crippen LogP contribution is 2.25. The van der Waals surface area contributed by atoms with Gasteiger partial charge in [-0.05, 0) is 25.7 Å². The van der Waals surface area contributed by atoms with E-state index in [1.807, 2.05) is 0 Å². The van der Waals surface area contributed by atoms with E-state index in [0.717, 1.165) is 12.8 Å². The summed E-state index contributed by atoms with van der Waals surface area (Å²) in [5.74, 6) is 0. The van der Waals surface area contributed by atoms with Gasteiger partial charge < -0.3 is 10.4 Å². The Hall–Kier alpha value is -0.0800. The predicted molar refractivity (Wildman–Crippen MR) is 39.8 cm³/mol. The summed E-state index contributed by atoms with van der Waals surface area (Å²) < 4.78 is 0. The molecule has 0 saturated carbocycles. The quantitative estimate of drug-likeness (QED) is 0.519. The van der Waals surface area contributed by atoms with Crippen LogP contribution in [0.2, 0.25) is 0 Å². The molecule has 0 amide bonds. The highest BCUT2D eigenvalue weighted by atomic mass is 16.3. The Morgan fingerprint density at radius 1 is 1.10 bits per heavy atom. The van der Waals surface area contributed by atoms with E-state index in [1.165, 1.54) is 19.3 Å². The first-order valence-electron chi connectivity index (χ1n) is 4.29. The van der Waals surface area contributed by atoms with Crippen molar-refractivity contribution in [1.29, 1.82) is 0 Å². The van der Waals surface area contributed by atoms with Gasteiger partial charge in [0.05, 0.1) is 6.10 Å². The van der Waals surface area contributed by atoms with Crippen LogP contribution in [0.1, 0.15) is 32.1 Å². The van der Waals surface area contributed by atoms with Crippen molar-refractivity contribution in [3.63, 3.8) is 0 Å². The number of fused-ring (bicyclic) bond motifs is 2. The van der Waals surface area contributed by atoms with Crippen LogP contribution in [0.3, 0.4) is 0 Å². The van der Waals surface area contributed by atoms with Crippen molar-refractivity contribution in [1.82, 2.24) is 5.32 Å². The third-order valence-corrected chi connectivity index (χ3v) is 2.69. The Labute approximate surface area is 61.6 Å². The van der Waals surface area contributed by atoms with E-state index in [2.05, 4.69) is 5.32 Å². The zero-order valence-electron chi connectivity index (χ0n) is 6.21. The van der Waals surface area contributed by atoms with Crippen LogP contribution in [0.5, 0.6) is 0 Å². The number of rotatable bonds is 0. The Bertz CT molecular complexity index is 110. The second-order valence-corrected chi connectivity index (χ2v) is 3.62. The second kappa shape index (κ2) is 2.51. The van der Waals surface area contributed by atoms with Crippen molar-refractivity contribution in [3.8, 4) is 0 Å². The summed E-state index contributed by atoms with van der Waals surface area (Å²) >= 11 is 0. The Balaban J connectivity index is 1.98. The molecular weight excluding hydrogens is 126 g/mol. The van der Waals surface area contributed by atoms with Gasteiger partial charge in [0, 0.05) is 12.1 Å². The highest BCUT2D eigenvalue weighted by Gasteiger charge is 2.29. The summed E-state index contributed by atoms with van der Waals surface area (Å²) in [6.45, 7) is 0. The van der Waals surface area contributed by atoms with Crippen molar-refractivity contribution in [3.05, 3.63) is 0 Å². The van der Waals surface area contributed by atoms with Crippen LogP contribution >= 0.6 is 0 Å². The van der Waals surface area contributed by atoms with E-state index in [0.29, 0.717) is 12.1 Å². The Morgan fingerprint density at radius 3 is 2.30 bits per heavy atom. The number of aliphatic hydroxyl groups excluding tert-OH is 1. The van der Waals surface area contributed by atoms with Gasteiger partial charge in [-0.15, -0.1) is 0 Å². The Morgan fingerprint density at radius 2 is 1.70 bits per heavy atom. The van der Waals surface area contributed by atoms with Crippen LogP contribution in [0, 0.1) is 0 Å². The summed E-state index contributed by atoms with van der Waals surface area (Å²) in [6.07, 6.45) is 5.85. The van der Waals surface area contributed by atoms with E-state index in [-0.39, 0.29) is 6.10 Å². The molecule has 10 heavy (non-hydrogen) atoms. The van der Waals surface area contributed by atoms with Gasteiger partial charge in [0.1, 0.15) is 0 Å². The molecule has 0 aliphatic carbocycles. The average molecular weight is 141 g/mol. The topological polar surface area (TPSA) is 32.3 Å². The van der Waals surface area contributed by atoms with Crippen molar-refractivity contribution in [2.45, 2.75) is 50.3 Å². The maximum atomic E-state index is 9.38. The number of piperidine rings is 2. The molecule has 2 heterocycles. The van der Waals surface area contributed by atoms with Crippen molar-refractivity contribution in [2.75, 3.05) is 0 Å². The highest BCUT2D eigenvalue weighted by molar-refractivity contribution is 4.88. The molecule has 2 aliphatic rings. The van der Waals surface area contributed by atoms with Gasteiger partial charge in [-0.3, -0.25) is 0 Å². The lowest BCUT2D eigenvalue weighted by molar-refractivity contribution is 0.0741. The predicted octanol–water partition coefficient (Wildman–Crippen LogP) is 0.652. The summed E-state index contributed by atoms with van der Waals surface area (Å²) in [4.78, 5) is 0. The van der Waals surface area contributed by atoms with Crippen LogP contribution in [0.15, 0.2) is 0 Å². The van der Waals surface area contributed by atoms with E-state index in [9.17, 15) is 5.11 Å².